The van der Waals surface area contributed by atoms with Crippen LogP contribution in [0.15, 0.2) is 78.5 Å². The van der Waals surface area contributed by atoms with Crippen molar-refractivity contribution in [2.24, 2.45) is 10.8 Å². The molecule has 12 rings (SSSR count). The normalized spacial score (nSPS) is 18.4. The summed E-state index contributed by atoms with van der Waals surface area (Å²) < 4.78 is 46.7. The van der Waals surface area contributed by atoms with Crippen molar-refractivity contribution in [2.75, 3.05) is 93.1 Å². The summed E-state index contributed by atoms with van der Waals surface area (Å²) in [6.07, 6.45) is 17.3. The van der Waals surface area contributed by atoms with Crippen LogP contribution in [-0.4, -0.2) is 128 Å². The number of ether oxygens (including phenoxy) is 8. The third-order valence-corrected chi connectivity index (χ3v) is 14.4. The first kappa shape index (κ1) is 46.0. The van der Waals surface area contributed by atoms with E-state index in [1.165, 1.54) is 30.3 Å². The number of fused-ring (bicyclic) bond motifs is 4. The Kier molecular flexibility index (Phi) is 13.0. The Bertz CT molecular complexity index is 2770. The summed E-state index contributed by atoms with van der Waals surface area (Å²) in [4.78, 5) is 27.5. The monoisotopic (exact) mass is 947 g/mol. The van der Waals surface area contributed by atoms with Crippen LogP contribution >= 0.6 is 0 Å². The van der Waals surface area contributed by atoms with Gasteiger partial charge in [0, 0.05) is 73.6 Å². The van der Waals surface area contributed by atoms with Crippen LogP contribution < -0.4 is 28.4 Å². The molecule has 2 aliphatic carbocycles. The molecule has 0 bridgehead atoms. The topological polar surface area (TPSA) is 145 Å². The van der Waals surface area contributed by atoms with Gasteiger partial charge in [0.05, 0.1) is 94.1 Å². The standard InChI is InChI=1S/C28H31N3O4.C27H30N4O4/c1-19-10-20-12-21(15-30-23(20)11-19)35-25-4-6-29-24-14-27(26(32-2)13-22(24)25)34-9-3-7-31-8-5-28(16-31)17-33-18-28;1-18-8-19-10-20(13-28-22(19)9-18)35-26-21-11-24(32-2)25(12-23(21)29-17-30-26)34-7-3-5-31-6-4-27(14-31)15-33-16-27/h4,6,10,12-15H,3,5,7-9,11,16-18H2,1-2H3;8,10-13,17H,3-7,9,14-16H2,1-2H3. The van der Waals surface area contributed by atoms with Crippen LogP contribution in [0, 0.1) is 10.8 Å². The Morgan fingerprint density at radius 1 is 0.586 bits per heavy atom. The molecule has 6 aliphatic rings. The molecule has 0 unspecified atom stereocenters. The van der Waals surface area contributed by atoms with Gasteiger partial charge in [-0.3, -0.25) is 15.0 Å². The van der Waals surface area contributed by atoms with Crippen molar-refractivity contribution >= 4 is 34.0 Å². The van der Waals surface area contributed by atoms with E-state index < -0.39 is 0 Å². The summed E-state index contributed by atoms with van der Waals surface area (Å²) in [5, 5.41) is 1.63. The van der Waals surface area contributed by atoms with Crippen molar-refractivity contribution < 1.29 is 37.9 Å². The third-order valence-electron chi connectivity index (χ3n) is 14.4. The fourth-order valence-electron chi connectivity index (χ4n) is 10.6. The Balaban J connectivity index is 0.000000152. The maximum atomic E-state index is 6.24. The minimum Gasteiger partial charge on any atom is -0.493 e. The predicted octanol–water partition coefficient (Wildman–Crippen LogP) is 9.16. The average Bonchev–Trinajstić information content (AvgIpc) is 4.16. The Morgan fingerprint density at radius 2 is 1.13 bits per heavy atom. The first-order valence-corrected chi connectivity index (χ1v) is 24.5. The average molecular weight is 948 g/mol. The van der Waals surface area contributed by atoms with Crippen molar-refractivity contribution in [3.8, 4) is 46.1 Å². The molecule has 2 aromatic carbocycles. The number of nitrogens with zero attached hydrogens (tertiary/aromatic N) is 7. The molecule has 15 nitrogen and oxygen atoms in total. The quantitative estimate of drug-likeness (QED) is 0.0850. The second-order valence-electron chi connectivity index (χ2n) is 19.9. The Morgan fingerprint density at radius 3 is 1.66 bits per heavy atom. The van der Waals surface area contributed by atoms with Gasteiger partial charge < -0.3 is 47.7 Å². The number of methoxy groups -OCH3 is 2. The molecule has 0 atom stereocenters. The number of hydrogen-bond donors (Lipinski definition) is 0. The van der Waals surface area contributed by atoms with Crippen LogP contribution in [0.1, 0.15) is 62.0 Å². The largest absolute Gasteiger partial charge is 0.493 e. The van der Waals surface area contributed by atoms with E-state index in [4.69, 9.17) is 37.9 Å². The number of hydrogen-bond acceptors (Lipinski definition) is 15. The second kappa shape index (κ2) is 19.8. The van der Waals surface area contributed by atoms with Crippen LogP contribution in [0.5, 0.6) is 46.1 Å². The molecule has 15 heteroatoms. The molecule has 8 heterocycles. The van der Waals surface area contributed by atoms with Crippen LogP contribution in [0.25, 0.3) is 34.0 Å². The van der Waals surface area contributed by atoms with Gasteiger partial charge in [-0.15, -0.1) is 0 Å². The van der Waals surface area contributed by atoms with Crippen LogP contribution in [0.4, 0.5) is 0 Å². The first-order chi connectivity index (χ1) is 34.2. The molecule has 0 N–H and O–H groups in total. The fraction of sp³-hybridized carbons (Fsp3) is 0.436. The number of aromatic nitrogens is 5. The summed E-state index contributed by atoms with van der Waals surface area (Å²) in [5.41, 5.74) is 9.39. The summed E-state index contributed by atoms with van der Waals surface area (Å²) in [6, 6.07) is 13.6. The van der Waals surface area contributed by atoms with Gasteiger partial charge in [-0.05, 0) is 94.1 Å². The van der Waals surface area contributed by atoms with E-state index in [1.54, 1.807) is 32.8 Å². The zero-order chi connectivity index (χ0) is 47.7. The molecular weight excluding hydrogens is 887 g/mol. The number of benzene rings is 2. The molecule has 2 spiro atoms. The highest BCUT2D eigenvalue weighted by molar-refractivity contribution is 5.89. The van der Waals surface area contributed by atoms with Crippen molar-refractivity contribution in [1.82, 2.24) is 34.7 Å². The molecule has 6 aromatic rings. The molecule has 0 amide bonds. The maximum Gasteiger partial charge on any atom is 0.230 e. The first-order valence-electron chi connectivity index (χ1n) is 24.5. The minimum atomic E-state index is 0.424. The van der Waals surface area contributed by atoms with Gasteiger partial charge in [-0.2, -0.15) is 0 Å². The Hall–Kier alpha value is -6.39. The van der Waals surface area contributed by atoms with Gasteiger partial charge >= 0.3 is 0 Å². The minimum absolute atomic E-state index is 0.424. The van der Waals surface area contributed by atoms with Crippen molar-refractivity contribution in [2.45, 2.75) is 52.4 Å². The van der Waals surface area contributed by atoms with Crippen LogP contribution in [-0.2, 0) is 22.3 Å². The molecule has 4 fully saturated rings. The predicted molar refractivity (Wildman–Crippen MR) is 267 cm³/mol. The third kappa shape index (κ3) is 9.85. The lowest BCUT2D eigenvalue weighted by Gasteiger charge is -2.37. The SMILES string of the molecule is COc1cc2c(Oc3cnc4c(c3)C=C(C)C4)ccnc2cc1OCCCN1CCC2(COC2)C1.COc1cc2c(Oc3cnc4c(c3)C=C(C)C4)ncnc2cc1OCCCN1CCC2(COC2)C1. The lowest BCUT2D eigenvalue weighted by atomic mass is 9.85. The molecule has 364 valence electrons. The van der Waals surface area contributed by atoms with Crippen LogP contribution in [0.2, 0.25) is 0 Å². The van der Waals surface area contributed by atoms with Crippen LogP contribution in [0.3, 0.4) is 0 Å². The number of rotatable bonds is 16. The van der Waals surface area contributed by atoms with E-state index in [2.05, 4.69) is 60.7 Å². The second-order valence-corrected chi connectivity index (χ2v) is 19.9. The smallest absolute Gasteiger partial charge is 0.230 e. The summed E-state index contributed by atoms with van der Waals surface area (Å²) in [5.74, 6) is 5.21. The van der Waals surface area contributed by atoms with Gasteiger partial charge in [-0.25, -0.2) is 9.97 Å². The molecule has 4 saturated heterocycles. The molecule has 70 heavy (non-hydrogen) atoms. The lowest BCUT2D eigenvalue weighted by Crippen LogP contribution is -2.44. The van der Waals surface area contributed by atoms with Crippen molar-refractivity contribution in [3.05, 3.63) is 101 Å². The van der Waals surface area contributed by atoms with Gasteiger partial charge in [0.15, 0.2) is 23.0 Å². The fourth-order valence-corrected chi connectivity index (χ4v) is 10.6. The van der Waals surface area contributed by atoms with E-state index >= 15 is 0 Å². The number of pyridine rings is 3. The van der Waals surface area contributed by atoms with Gasteiger partial charge in [-0.1, -0.05) is 23.3 Å². The zero-order valence-corrected chi connectivity index (χ0v) is 40.6. The molecule has 4 aromatic heterocycles. The van der Waals surface area contributed by atoms with Gasteiger partial charge in [0.2, 0.25) is 5.88 Å². The highest BCUT2D eigenvalue weighted by atomic mass is 16.5. The van der Waals surface area contributed by atoms with E-state index in [9.17, 15) is 0 Å². The number of allylic oxidation sites excluding steroid dienone is 2. The Labute approximate surface area is 408 Å². The lowest BCUT2D eigenvalue weighted by molar-refractivity contribution is -0.105. The summed E-state index contributed by atoms with van der Waals surface area (Å²) in [6.45, 7) is 15.8. The molecular formula is C55H61N7O8. The van der Waals surface area contributed by atoms with E-state index in [0.29, 0.717) is 70.2 Å². The zero-order valence-electron chi connectivity index (χ0n) is 40.6. The van der Waals surface area contributed by atoms with Crippen molar-refractivity contribution in [1.29, 1.82) is 0 Å². The van der Waals surface area contributed by atoms with E-state index in [-0.39, 0.29) is 0 Å². The van der Waals surface area contributed by atoms with Gasteiger partial charge in [0.25, 0.3) is 0 Å². The molecule has 0 saturated carbocycles. The van der Waals surface area contributed by atoms with Gasteiger partial charge in [0.1, 0.15) is 23.6 Å². The van der Waals surface area contributed by atoms with E-state index in [0.717, 1.165) is 136 Å². The molecule has 0 radical (unpaired) electrons. The highest BCUT2D eigenvalue weighted by Crippen LogP contribution is 2.41. The summed E-state index contributed by atoms with van der Waals surface area (Å²) in [7, 11) is 3.30. The summed E-state index contributed by atoms with van der Waals surface area (Å²) >= 11 is 0. The maximum absolute atomic E-state index is 6.24. The van der Waals surface area contributed by atoms with E-state index in [1.807, 2.05) is 42.5 Å². The highest BCUT2D eigenvalue weighted by Gasteiger charge is 2.45. The van der Waals surface area contributed by atoms with Crippen molar-refractivity contribution in [3.63, 3.8) is 0 Å². The molecule has 4 aliphatic heterocycles. The number of likely N-dealkylation sites (tertiary alicyclic amines) is 2.